The van der Waals surface area contributed by atoms with E-state index in [1.807, 2.05) is 23.6 Å². The molecule has 1 aromatic heterocycles. The van der Waals surface area contributed by atoms with Crippen LogP contribution in [0.1, 0.15) is 16.5 Å². The minimum absolute atomic E-state index is 0.00328. The maximum absolute atomic E-state index is 13.0. The predicted octanol–water partition coefficient (Wildman–Crippen LogP) is 5.04. The highest BCUT2D eigenvalue weighted by molar-refractivity contribution is 7.10. The Bertz CT molecular complexity index is 1110. The summed E-state index contributed by atoms with van der Waals surface area (Å²) >= 11 is 7.68. The highest BCUT2D eigenvalue weighted by Gasteiger charge is 2.47. The van der Waals surface area contributed by atoms with Crippen LogP contribution < -0.4 is 9.64 Å². The number of aliphatic hydroxyl groups is 1. The lowest BCUT2D eigenvalue weighted by Crippen LogP contribution is -2.29. The fraction of sp³-hybridized carbons (Fsp3) is 0.0909. The molecule has 1 fully saturated rings. The number of Topliss-reactive ketones (excluding diaryl/α,β-unsaturated/α-hetero) is 1. The molecule has 0 aliphatic carbocycles. The number of carbonyl (C=O) groups excluding carboxylic acids is 2. The van der Waals surface area contributed by atoms with Crippen LogP contribution in [0.3, 0.4) is 0 Å². The van der Waals surface area contributed by atoms with Crippen molar-refractivity contribution in [3.63, 3.8) is 0 Å². The average molecular weight is 426 g/mol. The molecule has 2 aromatic carbocycles. The Morgan fingerprint density at radius 2 is 1.86 bits per heavy atom. The van der Waals surface area contributed by atoms with Crippen LogP contribution in [-0.4, -0.2) is 23.9 Å². The van der Waals surface area contributed by atoms with E-state index in [2.05, 4.69) is 0 Å². The molecule has 0 radical (unpaired) electrons. The standard InChI is InChI=1S/C22H16ClNO4S/c1-28-14-9-10-16(23)15(12-14)20(25)18-19(17-8-5-11-29-17)24(22(27)21(18)26)13-6-3-2-4-7-13/h2-12,19,25H,1H3/b20-18-. The Morgan fingerprint density at radius 1 is 1.10 bits per heavy atom. The maximum atomic E-state index is 13.0. The van der Waals surface area contributed by atoms with Gasteiger partial charge in [0.25, 0.3) is 11.7 Å². The number of halogens is 1. The number of aliphatic hydroxyl groups excluding tert-OH is 1. The molecule has 29 heavy (non-hydrogen) atoms. The third-order valence-electron chi connectivity index (χ3n) is 4.72. The number of amides is 1. The van der Waals surface area contributed by atoms with Crippen molar-refractivity contribution >= 4 is 46.1 Å². The zero-order chi connectivity index (χ0) is 20.5. The number of nitrogens with zero attached hydrogens (tertiary/aromatic N) is 1. The van der Waals surface area contributed by atoms with Crippen molar-refractivity contribution in [3.8, 4) is 5.75 Å². The average Bonchev–Trinajstić information content (AvgIpc) is 3.36. The topological polar surface area (TPSA) is 66.8 Å². The van der Waals surface area contributed by atoms with Crippen molar-refractivity contribution in [1.82, 2.24) is 0 Å². The molecule has 0 saturated carbocycles. The molecule has 1 N–H and O–H groups in total. The van der Waals surface area contributed by atoms with Crippen LogP contribution in [-0.2, 0) is 9.59 Å². The summed E-state index contributed by atoms with van der Waals surface area (Å²) in [4.78, 5) is 28.1. The lowest BCUT2D eigenvalue weighted by atomic mass is 9.99. The number of hydrogen-bond acceptors (Lipinski definition) is 5. The number of methoxy groups -OCH3 is 1. The number of thiophene rings is 1. The summed E-state index contributed by atoms with van der Waals surface area (Å²) in [6, 6.07) is 16.6. The van der Waals surface area contributed by atoms with Gasteiger partial charge in [0.1, 0.15) is 17.6 Å². The monoisotopic (exact) mass is 425 g/mol. The fourth-order valence-electron chi connectivity index (χ4n) is 3.36. The smallest absolute Gasteiger partial charge is 0.300 e. The molecule has 0 spiro atoms. The summed E-state index contributed by atoms with van der Waals surface area (Å²) in [5, 5.41) is 13.2. The minimum Gasteiger partial charge on any atom is -0.507 e. The Hall–Kier alpha value is -3.09. The van der Waals surface area contributed by atoms with Gasteiger partial charge in [-0.3, -0.25) is 14.5 Å². The molecule has 4 rings (SSSR count). The number of ketones is 1. The Balaban J connectivity index is 1.95. The van der Waals surface area contributed by atoms with E-state index in [-0.39, 0.29) is 21.9 Å². The SMILES string of the molecule is COc1ccc(Cl)c(/C(O)=C2/C(=O)C(=O)N(c3ccccc3)C2c2cccs2)c1. The Labute approximate surface area is 176 Å². The fourth-order valence-corrected chi connectivity index (χ4v) is 4.39. The number of benzene rings is 2. The number of rotatable bonds is 4. The van der Waals surface area contributed by atoms with E-state index in [0.29, 0.717) is 11.4 Å². The molecule has 3 aromatic rings. The first-order valence-electron chi connectivity index (χ1n) is 8.76. The second-order valence-electron chi connectivity index (χ2n) is 6.37. The van der Waals surface area contributed by atoms with E-state index >= 15 is 0 Å². The first kappa shape index (κ1) is 19.2. The van der Waals surface area contributed by atoms with E-state index in [4.69, 9.17) is 16.3 Å². The van der Waals surface area contributed by atoms with Crippen molar-refractivity contribution in [1.29, 1.82) is 0 Å². The Kier molecular flexibility index (Phi) is 5.13. The van der Waals surface area contributed by atoms with Crippen molar-refractivity contribution in [3.05, 3.63) is 87.1 Å². The van der Waals surface area contributed by atoms with Gasteiger partial charge in [-0.1, -0.05) is 35.9 Å². The highest BCUT2D eigenvalue weighted by atomic mass is 35.5. The minimum atomic E-state index is -0.761. The van der Waals surface area contributed by atoms with Crippen LogP contribution in [0.4, 0.5) is 5.69 Å². The quantitative estimate of drug-likeness (QED) is 0.361. The zero-order valence-corrected chi connectivity index (χ0v) is 16.9. The van der Waals surface area contributed by atoms with Crippen LogP contribution >= 0.6 is 22.9 Å². The summed E-state index contributed by atoms with van der Waals surface area (Å²) in [6.07, 6.45) is 0. The summed E-state index contributed by atoms with van der Waals surface area (Å²) in [5.41, 5.74) is 0.805. The van der Waals surface area contributed by atoms with Gasteiger partial charge in [-0.05, 0) is 41.8 Å². The molecule has 2 heterocycles. The first-order chi connectivity index (χ1) is 14.0. The molecule has 1 aliphatic rings. The molecule has 1 atom stereocenters. The van der Waals surface area contributed by atoms with Gasteiger partial charge in [0.15, 0.2) is 0 Å². The summed E-state index contributed by atoms with van der Waals surface area (Å²) in [5.74, 6) is -1.32. The van der Waals surface area contributed by atoms with Crippen molar-refractivity contribution < 1.29 is 19.4 Å². The molecule has 0 bridgehead atoms. The number of ether oxygens (including phenoxy) is 1. The largest absolute Gasteiger partial charge is 0.507 e. The molecule has 146 valence electrons. The van der Waals surface area contributed by atoms with Gasteiger partial charge in [-0.15, -0.1) is 11.3 Å². The molecular formula is C22H16ClNO4S. The molecule has 5 nitrogen and oxygen atoms in total. The van der Waals surface area contributed by atoms with Crippen LogP contribution in [0.5, 0.6) is 5.75 Å². The van der Waals surface area contributed by atoms with E-state index in [1.54, 1.807) is 42.5 Å². The molecular weight excluding hydrogens is 410 g/mol. The van der Waals surface area contributed by atoms with Gasteiger partial charge in [-0.25, -0.2) is 0 Å². The van der Waals surface area contributed by atoms with Crippen LogP contribution in [0, 0.1) is 0 Å². The third-order valence-corrected chi connectivity index (χ3v) is 5.97. The summed E-state index contributed by atoms with van der Waals surface area (Å²) in [6.45, 7) is 0. The predicted molar refractivity (Wildman–Crippen MR) is 114 cm³/mol. The third kappa shape index (κ3) is 3.30. The van der Waals surface area contributed by atoms with Crippen LogP contribution in [0.25, 0.3) is 5.76 Å². The highest BCUT2D eigenvalue weighted by Crippen LogP contribution is 2.44. The lowest BCUT2D eigenvalue weighted by Gasteiger charge is -2.24. The van der Waals surface area contributed by atoms with E-state index in [0.717, 1.165) is 4.88 Å². The second-order valence-corrected chi connectivity index (χ2v) is 7.75. The van der Waals surface area contributed by atoms with Crippen molar-refractivity contribution in [2.24, 2.45) is 0 Å². The first-order valence-corrected chi connectivity index (χ1v) is 10.0. The van der Waals surface area contributed by atoms with E-state index in [1.165, 1.54) is 23.3 Å². The number of para-hydroxylation sites is 1. The maximum Gasteiger partial charge on any atom is 0.300 e. The molecule has 1 amide bonds. The van der Waals surface area contributed by atoms with Gasteiger partial charge in [0.2, 0.25) is 0 Å². The summed E-state index contributed by atoms with van der Waals surface area (Å²) < 4.78 is 5.21. The lowest BCUT2D eigenvalue weighted by molar-refractivity contribution is -0.132. The van der Waals surface area contributed by atoms with Crippen molar-refractivity contribution in [2.45, 2.75) is 6.04 Å². The van der Waals surface area contributed by atoms with E-state index in [9.17, 15) is 14.7 Å². The summed E-state index contributed by atoms with van der Waals surface area (Å²) in [7, 11) is 1.49. The number of anilines is 1. The van der Waals surface area contributed by atoms with E-state index < -0.39 is 17.7 Å². The van der Waals surface area contributed by atoms with Gasteiger partial charge >= 0.3 is 0 Å². The van der Waals surface area contributed by atoms with Gasteiger partial charge < -0.3 is 9.84 Å². The molecule has 1 aliphatic heterocycles. The van der Waals surface area contributed by atoms with Crippen molar-refractivity contribution in [2.75, 3.05) is 12.0 Å². The molecule has 1 unspecified atom stereocenters. The normalized spacial score (nSPS) is 18.3. The van der Waals surface area contributed by atoms with Crippen LogP contribution in [0.2, 0.25) is 5.02 Å². The zero-order valence-electron chi connectivity index (χ0n) is 15.3. The second kappa shape index (κ2) is 7.73. The Morgan fingerprint density at radius 3 is 2.52 bits per heavy atom. The van der Waals surface area contributed by atoms with Gasteiger partial charge in [-0.2, -0.15) is 0 Å². The number of carbonyl (C=O) groups is 2. The molecule has 1 saturated heterocycles. The number of hydrogen-bond donors (Lipinski definition) is 1. The van der Waals surface area contributed by atoms with Crippen LogP contribution in [0.15, 0.2) is 71.6 Å². The van der Waals surface area contributed by atoms with Gasteiger partial charge in [0, 0.05) is 16.1 Å². The molecule has 7 heteroatoms. The van der Waals surface area contributed by atoms with Gasteiger partial charge in [0.05, 0.1) is 17.7 Å².